The number of amides is 1. The summed E-state index contributed by atoms with van der Waals surface area (Å²) in [5, 5.41) is 0.364. The van der Waals surface area contributed by atoms with Crippen LogP contribution in [0.5, 0.6) is 0 Å². The molecule has 1 aromatic carbocycles. The van der Waals surface area contributed by atoms with Gasteiger partial charge in [-0.3, -0.25) is 4.79 Å². The number of carbonyl (C=O) groups excluding carboxylic acids is 2. The third-order valence-corrected chi connectivity index (χ3v) is 3.30. The Hall–Kier alpha value is -1.59. The molecular formula is C13H14ClNO4. The van der Waals surface area contributed by atoms with Crippen molar-refractivity contribution in [3.8, 4) is 0 Å². The summed E-state index contributed by atoms with van der Waals surface area (Å²) < 4.78 is 9.91. The Kier molecular flexibility index (Phi) is 4.39. The standard InChI is InChI=1S/C13H14ClNO4/c1-18-13(17)11-8-19-7-6-15(11)12(16)9-4-2-3-5-10(9)14/h2-5,11H,6-8H2,1H3. The van der Waals surface area contributed by atoms with Crippen molar-refractivity contribution in [3.05, 3.63) is 34.9 Å². The molecule has 1 saturated heterocycles. The van der Waals surface area contributed by atoms with E-state index < -0.39 is 12.0 Å². The molecule has 1 fully saturated rings. The molecule has 2 rings (SSSR count). The number of hydrogen-bond acceptors (Lipinski definition) is 4. The van der Waals surface area contributed by atoms with E-state index in [1.54, 1.807) is 24.3 Å². The van der Waals surface area contributed by atoms with Gasteiger partial charge in [0.15, 0.2) is 6.04 Å². The van der Waals surface area contributed by atoms with Crippen molar-refractivity contribution in [2.24, 2.45) is 0 Å². The van der Waals surface area contributed by atoms with Gasteiger partial charge >= 0.3 is 5.97 Å². The molecule has 1 heterocycles. The van der Waals surface area contributed by atoms with Crippen LogP contribution < -0.4 is 0 Å². The number of methoxy groups -OCH3 is 1. The molecule has 0 aliphatic carbocycles. The lowest BCUT2D eigenvalue weighted by molar-refractivity contribution is -0.151. The van der Waals surface area contributed by atoms with E-state index in [2.05, 4.69) is 0 Å². The van der Waals surface area contributed by atoms with Crippen LogP contribution in [0.3, 0.4) is 0 Å². The number of hydrogen-bond donors (Lipinski definition) is 0. The summed E-state index contributed by atoms with van der Waals surface area (Å²) in [4.78, 5) is 25.5. The van der Waals surface area contributed by atoms with Crippen LogP contribution in [0.2, 0.25) is 5.02 Å². The predicted molar refractivity (Wildman–Crippen MR) is 69.1 cm³/mol. The lowest BCUT2D eigenvalue weighted by atomic mass is 10.1. The van der Waals surface area contributed by atoms with Crippen LogP contribution in [-0.2, 0) is 14.3 Å². The van der Waals surface area contributed by atoms with Crippen molar-refractivity contribution < 1.29 is 19.1 Å². The van der Waals surface area contributed by atoms with Gasteiger partial charge < -0.3 is 14.4 Å². The number of benzene rings is 1. The summed E-state index contributed by atoms with van der Waals surface area (Å²) in [5.41, 5.74) is 0.375. The van der Waals surface area contributed by atoms with Gasteiger partial charge in [-0.2, -0.15) is 0 Å². The van der Waals surface area contributed by atoms with E-state index in [9.17, 15) is 9.59 Å². The Balaban J connectivity index is 2.25. The average molecular weight is 284 g/mol. The molecule has 0 bridgehead atoms. The van der Waals surface area contributed by atoms with Gasteiger partial charge in [0.1, 0.15) is 0 Å². The SMILES string of the molecule is COC(=O)C1COCCN1C(=O)c1ccccc1Cl. The molecule has 1 aliphatic rings. The minimum Gasteiger partial charge on any atom is -0.467 e. The minimum atomic E-state index is -0.720. The quantitative estimate of drug-likeness (QED) is 0.769. The zero-order valence-corrected chi connectivity index (χ0v) is 11.2. The van der Waals surface area contributed by atoms with Crippen LogP contribution in [0.1, 0.15) is 10.4 Å². The molecule has 5 nitrogen and oxygen atoms in total. The molecule has 1 unspecified atom stereocenters. The van der Waals surface area contributed by atoms with Gasteiger partial charge in [0.25, 0.3) is 5.91 Å². The van der Waals surface area contributed by atoms with Gasteiger partial charge in [0, 0.05) is 6.54 Å². The first-order chi connectivity index (χ1) is 9.15. The molecule has 1 aromatic rings. The lowest BCUT2D eigenvalue weighted by Crippen LogP contribution is -2.53. The first-order valence-electron chi connectivity index (χ1n) is 5.86. The first-order valence-corrected chi connectivity index (χ1v) is 6.24. The fourth-order valence-corrected chi connectivity index (χ4v) is 2.18. The van der Waals surface area contributed by atoms with E-state index in [0.29, 0.717) is 23.7 Å². The smallest absolute Gasteiger partial charge is 0.331 e. The molecule has 6 heteroatoms. The monoisotopic (exact) mass is 283 g/mol. The van der Waals surface area contributed by atoms with E-state index in [0.717, 1.165) is 0 Å². The number of ether oxygens (including phenoxy) is 2. The number of morpholine rings is 1. The van der Waals surface area contributed by atoms with Crippen molar-refractivity contribution >= 4 is 23.5 Å². The number of halogens is 1. The normalized spacial score (nSPS) is 19.1. The maximum Gasteiger partial charge on any atom is 0.331 e. The van der Waals surface area contributed by atoms with Crippen molar-refractivity contribution in [3.63, 3.8) is 0 Å². The zero-order chi connectivity index (χ0) is 13.8. The van der Waals surface area contributed by atoms with Crippen molar-refractivity contribution in [2.45, 2.75) is 6.04 Å². The average Bonchev–Trinajstić information content (AvgIpc) is 2.46. The van der Waals surface area contributed by atoms with E-state index in [1.165, 1.54) is 12.0 Å². The molecule has 1 aliphatic heterocycles. The minimum absolute atomic E-state index is 0.142. The van der Waals surface area contributed by atoms with E-state index in [4.69, 9.17) is 21.1 Å². The Labute approximate surface area is 116 Å². The lowest BCUT2D eigenvalue weighted by Gasteiger charge is -2.33. The summed E-state index contributed by atoms with van der Waals surface area (Å²) in [5.74, 6) is -0.774. The molecule has 0 saturated carbocycles. The first kappa shape index (κ1) is 13.8. The summed E-state index contributed by atoms with van der Waals surface area (Å²) in [6, 6.07) is 6.03. The van der Waals surface area contributed by atoms with Crippen molar-refractivity contribution in [1.82, 2.24) is 4.90 Å². The fraction of sp³-hybridized carbons (Fsp3) is 0.385. The van der Waals surface area contributed by atoms with Crippen LogP contribution in [-0.4, -0.2) is 49.7 Å². The van der Waals surface area contributed by atoms with E-state index in [1.807, 2.05) is 0 Å². The second-order valence-corrected chi connectivity index (χ2v) is 4.50. The molecule has 0 radical (unpaired) electrons. The maximum absolute atomic E-state index is 12.4. The number of nitrogens with zero attached hydrogens (tertiary/aromatic N) is 1. The van der Waals surface area contributed by atoms with E-state index >= 15 is 0 Å². The molecule has 0 N–H and O–H groups in total. The van der Waals surface area contributed by atoms with Crippen LogP contribution in [0.4, 0.5) is 0 Å². The Morgan fingerprint density at radius 3 is 2.84 bits per heavy atom. The highest BCUT2D eigenvalue weighted by molar-refractivity contribution is 6.33. The van der Waals surface area contributed by atoms with Gasteiger partial charge in [0.2, 0.25) is 0 Å². The van der Waals surface area contributed by atoms with Gasteiger partial charge in [-0.05, 0) is 12.1 Å². The summed E-state index contributed by atoms with van der Waals surface area (Å²) >= 11 is 6.00. The number of esters is 1. The van der Waals surface area contributed by atoms with Crippen molar-refractivity contribution in [1.29, 1.82) is 0 Å². The highest BCUT2D eigenvalue weighted by Gasteiger charge is 2.34. The highest BCUT2D eigenvalue weighted by atomic mass is 35.5. The summed E-state index contributed by atoms with van der Waals surface area (Å²) in [6.45, 7) is 0.871. The topological polar surface area (TPSA) is 55.8 Å². The Morgan fingerprint density at radius 2 is 2.16 bits per heavy atom. The second-order valence-electron chi connectivity index (χ2n) is 4.09. The van der Waals surface area contributed by atoms with Crippen LogP contribution in [0, 0.1) is 0 Å². The Bertz CT molecular complexity index is 491. The number of rotatable bonds is 2. The summed E-state index contributed by atoms with van der Waals surface area (Å²) in [7, 11) is 1.29. The third kappa shape index (κ3) is 2.88. The van der Waals surface area contributed by atoms with Crippen molar-refractivity contribution in [2.75, 3.05) is 26.9 Å². The molecule has 102 valence electrons. The molecule has 1 atom stereocenters. The third-order valence-electron chi connectivity index (χ3n) is 2.97. The molecule has 0 spiro atoms. The number of carbonyl (C=O) groups is 2. The van der Waals surface area contributed by atoms with Gasteiger partial charge in [-0.1, -0.05) is 23.7 Å². The maximum atomic E-state index is 12.4. The molecule has 0 aromatic heterocycles. The Morgan fingerprint density at radius 1 is 1.42 bits per heavy atom. The predicted octanol–water partition coefficient (Wildman–Crippen LogP) is 1.35. The van der Waals surface area contributed by atoms with Crippen LogP contribution in [0.15, 0.2) is 24.3 Å². The van der Waals surface area contributed by atoms with Gasteiger partial charge in [-0.15, -0.1) is 0 Å². The van der Waals surface area contributed by atoms with Crippen LogP contribution in [0.25, 0.3) is 0 Å². The largest absolute Gasteiger partial charge is 0.467 e. The fourth-order valence-electron chi connectivity index (χ4n) is 1.97. The molecule has 1 amide bonds. The molecular weight excluding hydrogens is 270 g/mol. The molecule has 19 heavy (non-hydrogen) atoms. The van der Waals surface area contributed by atoms with Gasteiger partial charge in [-0.25, -0.2) is 4.79 Å². The second kappa shape index (κ2) is 6.04. The highest BCUT2D eigenvalue weighted by Crippen LogP contribution is 2.20. The van der Waals surface area contributed by atoms with Crippen LogP contribution >= 0.6 is 11.6 Å². The van der Waals surface area contributed by atoms with Gasteiger partial charge in [0.05, 0.1) is 30.9 Å². The van der Waals surface area contributed by atoms with E-state index in [-0.39, 0.29) is 12.5 Å². The zero-order valence-electron chi connectivity index (χ0n) is 10.5. The summed E-state index contributed by atoms with van der Waals surface area (Å²) in [6.07, 6.45) is 0.